The summed E-state index contributed by atoms with van der Waals surface area (Å²) in [6.07, 6.45) is -1.37. The standard InChI is InChI=1S/C25H30N2O7/c1-3-33-16(12-23(28)27-22(15-32-2)24(29)30)13-26-25(31)34-14-21-19-10-6-4-8-17(19)18-9-5-7-11-20(18)21/h4-11,16,21-22H,3,12-15H2,1-2H3,(H,26,31)(H,27,28)(H,29,30)/t16?,22-/m0/s1. The van der Waals surface area contributed by atoms with Crippen LogP contribution in [0.1, 0.15) is 30.4 Å². The zero-order valence-electron chi connectivity index (χ0n) is 19.3. The Labute approximate surface area is 198 Å². The molecule has 0 fully saturated rings. The summed E-state index contributed by atoms with van der Waals surface area (Å²) in [4.78, 5) is 35.8. The Bertz CT molecular complexity index is 965. The second-order valence-corrected chi connectivity index (χ2v) is 7.90. The quantitative estimate of drug-likeness (QED) is 0.436. The van der Waals surface area contributed by atoms with Crippen molar-refractivity contribution in [3.8, 4) is 11.1 Å². The fourth-order valence-electron chi connectivity index (χ4n) is 4.07. The summed E-state index contributed by atoms with van der Waals surface area (Å²) in [6.45, 7) is 2.16. The molecule has 2 aromatic rings. The minimum Gasteiger partial charge on any atom is -0.480 e. The molecule has 0 spiro atoms. The van der Waals surface area contributed by atoms with E-state index in [1.807, 2.05) is 36.4 Å². The molecule has 0 bridgehead atoms. The number of fused-ring (bicyclic) bond motifs is 3. The molecular formula is C25H30N2O7. The molecule has 34 heavy (non-hydrogen) atoms. The van der Waals surface area contributed by atoms with Gasteiger partial charge in [-0.2, -0.15) is 0 Å². The molecule has 0 aliphatic heterocycles. The number of hydrogen-bond donors (Lipinski definition) is 3. The molecule has 2 amide bonds. The molecule has 9 nitrogen and oxygen atoms in total. The number of carboxylic acids is 1. The Balaban J connectivity index is 1.52. The van der Waals surface area contributed by atoms with Crippen molar-refractivity contribution >= 4 is 18.0 Å². The van der Waals surface area contributed by atoms with E-state index in [1.54, 1.807) is 6.92 Å². The number of benzene rings is 2. The molecule has 182 valence electrons. The first-order chi connectivity index (χ1) is 16.4. The fourth-order valence-corrected chi connectivity index (χ4v) is 4.07. The van der Waals surface area contributed by atoms with Crippen LogP contribution in [0.3, 0.4) is 0 Å². The third kappa shape index (κ3) is 6.33. The second kappa shape index (κ2) is 12.2. The van der Waals surface area contributed by atoms with Gasteiger partial charge < -0.3 is 30.0 Å². The van der Waals surface area contributed by atoms with Crippen molar-refractivity contribution in [2.75, 3.05) is 33.5 Å². The molecule has 0 radical (unpaired) electrons. The molecule has 0 saturated carbocycles. The first kappa shape index (κ1) is 25.2. The Morgan fingerprint density at radius 3 is 2.21 bits per heavy atom. The Hall–Kier alpha value is -3.43. The minimum atomic E-state index is -1.19. The zero-order chi connectivity index (χ0) is 24.5. The van der Waals surface area contributed by atoms with Gasteiger partial charge in [-0.1, -0.05) is 48.5 Å². The number of ether oxygens (including phenoxy) is 3. The summed E-state index contributed by atoms with van der Waals surface area (Å²) in [5.74, 6) is -1.77. The molecule has 1 aliphatic rings. The van der Waals surface area contributed by atoms with Gasteiger partial charge in [-0.05, 0) is 29.2 Å². The normalized spacial score (nSPS) is 13.9. The summed E-state index contributed by atoms with van der Waals surface area (Å²) in [5, 5.41) is 14.2. The number of rotatable bonds is 12. The van der Waals surface area contributed by atoms with Gasteiger partial charge in [0.1, 0.15) is 6.61 Å². The van der Waals surface area contributed by atoms with E-state index in [0.717, 1.165) is 22.3 Å². The maximum Gasteiger partial charge on any atom is 0.407 e. The molecular weight excluding hydrogens is 440 g/mol. The van der Waals surface area contributed by atoms with Gasteiger partial charge in [-0.15, -0.1) is 0 Å². The summed E-state index contributed by atoms with van der Waals surface area (Å²) < 4.78 is 15.8. The van der Waals surface area contributed by atoms with Gasteiger partial charge in [0.05, 0.1) is 19.1 Å². The van der Waals surface area contributed by atoms with E-state index < -0.39 is 30.1 Å². The minimum absolute atomic E-state index is 0.0416. The molecule has 0 saturated heterocycles. The number of amides is 2. The van der Waals surface area contributed by atoms with Crippen molar-refractivity contribution in [3.05, 3.63) is 59.7 Å². The van der Waals surface area contributed by atoms with Crippen molar-refractivity contribution in [3.63, 3.8) is 0 Å². The summed E-state index contributed by atoms with van der Waals surface area (Å²) >= 11 is 0. The molecule has 0 aromatic heterocycles. The lowest BCUT2D eigenvalue weighted by Gasteiger charge is -2.20. The van der Waals surface area contributed by atoms with Crippen LogP contribution in [0.2, 0.25) is 0 Å². The second-order valence-electron chi connectivity index (χ2n) is 7.90. The van der Waals surface area contributed by atoms with Crippen LogP contribution in [-0.4, -0.2) is 68.7 Å². The van der Waals surface area contributed by atoms with Crippen molar-refractivity contribution in [1.29, 1.82) is 0 Å². The average molecular weight is 471 g/mol. The largest absolute Gasteiger partial charge is 0.480 e. The van der Waals surface area contributed by atoms with E-state index in [1.165, 1.54) is 7.11 Å². The van der Waals surface area contributed by atoms with Crippen LogP contribution < -0.4 is 10.6 Å². The number of hydrogen-bond acceptors (Lipinski definition) is 6. The van der Waals surface area contributed by atoms with Gasteiger partial charge in [0.15, 0.2) is 6.04 Å². The van der Waals surface area contributed by atoms with E-state index in [2.05, 4.69) is 22.8 Å². The third-order valence-corrected chi connectivity index (χ3v) is 5.60. The number of carbonyl (C=O) groups is 3. The van der Waals surface area contributed by atoms with E-state index in [4.69, 9.17) is 19.3 Å². The molecule has 3 rings (SSSR count). The molecule has 1 aliphatic carbocycles. The van der Waals surface area contributed by atoms with E-state index in [0.29, 0.717) is 6.61 Å². The Morgan fingerprint density at radius 1 is 1.03 bits per heavy atom. The highest BCUT2D eigenvalue weighted by Crippen LogP contribution is 2.44. The third-order valence-electron chi connectivity index (χ3n) is 5.60. The number of methoxy groups -OCH3 is 1. The number of alkyl carbamates (subject to hydrolysis) is 1. The number of carbonyl (C=O) groups excluding carboxylic acids is 2. The van der Waals surface area contributed by atoms with Crippen molar-refractivity contribution in [2.24, 2.45) is 0 Å². The van der Waals surface area contributed by atoms with Crippen LogP contribution >= 0.6 is 0 Å². The smallest absolute Gasteiger partial charge is 0.407 e. The van der Waals surface area contributed by atoms with Gasteiger partial charge in [-0.25, -0.2) is 9.59 Å². The molecule has 1 unspecified atom stereocenters. The van der Waals surface area contributed by atoms with Crippen LogP contribution in [-0.2, 0) is 23.8 Å². The van der Waals surface area contributed by atoms with E-state index in [9.17, 15) is 14.4 Å². The van der Waals surface area contributed by atoms with E-state index >= 15 is 0 Å². The average Bonchev–Trinajstić information content (AvgIpc) is 3.14. The molecule has 2 aromatic carbocycles. The molecule has 0 heterocycles. The van der Waals surface area contributed by atoms with Gasteiger partial charge >= 0.3 is 12.1 Å². The highest BCUT2D eigenvalue weighted by molar-refractivity contribution is 5.84. The summed E-state index contributed by atoms with van der Waals surface area (Å²) in [7, 11) is 1.35. The molecule has 3 N–H and O–H groups in total. The van der Waals surface area contributed by atoms with E-state index in [-0.39, 0.29) is 32.1 Å². The summed E-state index contributed by atoms with van der Waals surface area (Å²) in [6, 6.07) is 15.0. The number of aliphatic carboxylic acids is 1. The first-order valence-electron chi connectivity index (χ1n) is 11.2. The first-order valence-corrected chi connectivity index (χ1v) is 11.2. The van der Waals surface area contributed by atoms with Crippen molar-refractivity contribution in [2.45, 2.75) is 31.4 Å². The van der Waals surface area contributed by atoms with Crippen LogP contribution in [0.25, 0.3) is 11.1 Å². The lowest BCUT2D eigenvalue weighted by molar-refractivity contribution is -0.143. The summed E-state index contributed by atoms with van der Waals surface area (Å²) in [5.41, 5.74) is 4.51. The van der Waals surface area contributed by atoms with Gasteiger partial charge in [0.25, 0.3) is 0 Å². The van der Waals surface area contributed by atoms with Crippen molar-refractivity contribution in [1.82, 2.24) is 10.6 Å². The van der Waals surface area contributed by atoms with Crippen LogP contribution in [0.5, 0.6) is 0 Å². The zero-order valence-corrected chi connectivity index (χ0v) is 19.3. The van der Waals surface area contributed by atoms with Gasteiger partial charge in [0.2, 0.25) is 5.91 Å². The van der Waals surface area contributed by atoms with Crippen LogP contribution in [0, 0.1) is 0 Å². The number of nitrogens with one attached hydrogen (secondary N) is 2. The van der Waals surface area contributed by atoms with Gasteiger partial charge in [-0.3, -0.25) is 4.79 Å². The lowest BCUT2D eigenvalue weighted by atomic mass is 9.98. The Kier molecular flexibility index (Phi) is 9.00. The highest BCUT2D eigenvalue weighted by atomic mass is 16.5. The predicted octanol–water partition coefficient (Wildman–Crippen LogP) is 2.54. The van der Waals surface area contributed by atoms with Crippen LogP contribution in [0.15, 0.2) is 48.5 Å². The number of carboxylic acid groups (broad SMARTS) is 1. The maximum absolute atomic E-state index is 12.4. The highest BCUT2D eigenvalue weighted by Gasteiger charge is 2.29. The van der Waals surface area contributed by atoms with Gasteiger partial charge in [0, 0.05) is 26.2 Å². The lowest BCUT2D eigenvalue weighted by Crippen LogP contribution is -2.46. The Morgan fingerprint density at radius 2 is 1.65 bits per heavy atom. The molecule has 2 atom stereocenters. The monoisotopic (exact) mass is 470 g/mol. The SMILES string of the molecule is CCOC(CNC(=O)OCC1c2ccccc2-c2ccccc21)CC(=O)N[C@@H](COC)C(=O)O. The maximum atomic E-state index is 12.4. The fraction of sp³-hybridized carbons (Fsp3) is 0.400. The molecule has 9 heteroatoms. The van der Waals surface area contributed by atoms with Crippen molar-refractivity contribution < 1.29 is 33.7 Å². The van der Waals surface area contributed by atoms with Crippen LogP contribution in [0.4, 0.5) is 4.79 Å². The topological polar surface area (TPSA) is 123 Å². The predicted molar refractivity (Wildman–Crippen MR) is 125 cm³/mol.